The normalized spacial score (nSPS) is 18.4. The van der Waals surface area contributed by atoms with Crippen molar-refractivity contribution < 1.29 is 31.9 Å². The fourth-order valence-electron chi connectivity index (χ4n) is 4.09. The highest BCUT2D eigenvalue weighted by atomic mass is 19.4. The van der Waals surface area contributed by atoms with Crippen molar-refractivity contribution in [2.75, 3.05) is 7.11 Å². The van der Waals surface area contributed by atoms with Crippen LogP contribution in [0.1, 0.15) is 61.6 Å². The SMILES string of the molecule is COc1ccc(-c2nc(C(=O)N[C@H]3C[C@@H](NC(=O)C(C)C)C3)c([C@H](C)N)o2)c2ccc(C(F)(F)F)nc12. The van der Waals surface area contributed by atoms with E-state index in [0.717, 1.165) is 6.07 Å². The Kier molecular flexibility index (Phi) is 7.13. The lowest BCUT2D eigenvalue weighted by Gasteiger charge is -2.36. The molecule has 198 valence electrons. The number of hydrogen-bond donors (Lipinski definition) is 3. The molecule has 2 aromatic heterocycles. The Morgan fingerprint density at radius 1 is 1.08 bits per heavy atom. The van der Waals surface area contributed by atoms with Crippen molar-refractivity contribution >= 4 is 22.7 Å². The first kappa shape index (κ1) is 26.4. The number of oxazole rings is 1. The molecule has 1 saturated carbocycles. The van der Waals surface area contributed by atoms with E-state index in [9.17, 15) is 22.8 Å². The van der Waals surface area contributed by atoms with Gasteiger partial charge in [0.25, 0.3) is 5.91 Å². The van der Waals surface area contributed by atoms with E-state index < -0.39 is 23.8 Å². The van der Waals surface area contributed by atoms with Crippen LogP contribution in [-0.4, -0.2) is 41.0 Å². The topological polar surface area (TPSA) is 132 Å². The Hall–Kier alpha value is -3.67. The summed E-state index contributed by atoms with van der Waals surface area (Å²) in [6.45, 7) is 5.25. The number of aromatic nitrogens is 2. The monoisotopic (exact) mass is 519 g/mol. The van der Waals surface area contributed by atoms with Crippen molar-refractivity contribution in [2.24, 2.45) is 11.7 Å². The summed E-state index contributed by atoms with van der Waals surface area (Å²) in [6.07, 6.45) is -3.47. The number of benzene rings is 1. The second-order valence-electron chi connectivity index (χ2n) is 9.43. The Morgan fingerprint density at radius 2 is 1.76 bits per heavy atom. The third kappa shape index (κ3) is 5.38. The number of halogens is 3. The standard InChI is InChI=1S/C25H28F3N5O4/c1-11(2)22(34)30-13-9-14(10-13)31-23(35)20-21(12(3)29)37-24(33-20)16-5-7-17(36-4)19-15(16)6-8-18(32-19)25(26,27)28/h5-8,11-14H,9-10,29H2,1-4H3,(H,30,34)(H,31,35)/t12-,13-,14+/m0/s1. The molecule has 1 fully saturated rings. The van der Waals surface area contributed by atoms with Crippen molar-refractivity contribution in [3.05, 3.63) is 41.4 Å². The van der Waals surface area contributed by atoms with Gasteiger partial charge in [-0.2, -0.15) is 13.2 Å². The Labute approximate surface area is 211 Å². The average molecular weight is 520 g/mol. The molecular weight excluding hydrogens is 491 g/mol. The van der Waals surface area contributed by atoms with Crippen LogP contribution in [0.5, 0.6) is 5.75 Å². The highest BCUT2D eigenvalue weighted by Gasteiger charge is 2.35. The molecular formula is C25H28F3N5O4. The number of nitrogens with one attached hydrogen (secondary N) is 2. The number of nitrogens with two attached hydrogens (primary N) is 1. The van der Waals surface area contributed by atoms with Crippen LogP contribution in [0, 0.1) is 5.92 Å². The first-order chi connectivity index (χ1) is 17.4. The van der Waals surface area contributed by atoms with Gasteiger partial charge in [-0.25, -0.2) is 9.97 Å². The molecule has 0 radical (unpaired) electrons. The number of rotatable bonds is 7. The number of hydrogen-bond acceptors (Lipinski definition) is 7. The van der Waals surface area contributed by atoms with E-state index in [1.54, 1.807) is 13.0 Å². The molecule has 1 aliphatic carbocycles. The molecule has 2 heterocycles. The summed E-state index contributed by atoms with van der Waals surface area (Å²) in [5, 5.41) is 6.11. The number of nitrogens with zero attached hydrogens (tertiary/aromatic N) is 2. The van der Waals surface area contributed by atoms with Crippen molar-refractivity contribution in [2.45, 2.75) is 57.9 Å². The van der Waals surface area contributed by atoms with Gasteiger partial charge in [-0.15, -0.1) is 0 Å². The lowest BCUT2D eigenvalue weighted by Crippen LogP contribution is -2.54. The number of carbonyl (C=O) groups excluding carboxylic acids is 2. The molecule has 0 bridgehead atoms. The van der Waals surface area contributed by atoms with Gasteiger partial charge < -0.3 is 25.5 Å². The number of fused-ring (bicyclic) bond motifs is 1. The van der Waals surface area contributed by atoms with E-state index in [1.807, 2.05) is 13.8 Å². The van der Waals surface area contributed by atoms with Gasteiger partial charge in [0.15, 0.2) is 11.5 Å². The van der Waals surface area contributed by atoms with Crippen LogP contribution < -0.4 is 21.1 Å². The molecule has 9 nitrogen and oxygen atoms in total. The lowest BCUT2D eigenvalue weighted by molar-refractivity contribution is -0.141. The lowest BCUT2D eigenvalue weighted by atomic mass is 9.86. The molecule has 1 aromatic carbocycles. The predicted molar refractivity (Wildman–Crippen MR) is 129 cm³/mol. The number of carbonyl (C=O) groups is 2. The maximum atomic E-state index is 13.3. The van der Waals surface area contributed by atoms with Crippen molar-refractivity contribution in [1.82, 2.24) is 20.6 Å². The molecule has 0 saturated heterocycles. The minimum Gasteiger partial charge on any atom is -0.494 e. The summed E-state index contributed by atoms with van der Waals surface area (Å²) in [7, 11) is 1.33. The van der Waals surface area contributed by atoms with Gasteiger partial charge in [-0.05, 0) is 44.0 Å². The minimum absolute atomic E-state index is 0.0106. The van der Waals surface area contributed by atoms with Gasteiger partial charge in [-0.1, -0.05) is 13.8 Å². The summed E-state index contributed by atoms with van der Waals surface area (Å²) in [6, 6.07) is 4.31. The zero-order valence-corrected chi connectivity index (χ0v) is 20.8. The fraction of sp³-hybridized carbons (Fsp3) is 0.440. The van der Waals surface area contributed by atoms with Crippen molar-refractivity contribution in [3.63, 3.8) is 0 Å². The van der Waals surface area contributed by atoms with E-state index in [1.165, 1.54) is 19.2 Å². The average Bonchev–Trinajstić information content (AvgIpc) is 3.26. The maximum Gasteiger partial charge on any atom is 0.433 e. The largest absolute Gasteiger partial charge is 0.494 e. The number of alkyl halides is 3. The first-order valence-corrected chi connectivity index (χ1v) is 11.8. The molecule has 1 atom stereocenters. The van der Waals surface area contributed by atoms with E-state index in [0.29, 0.717) is 23.8 Å². The van der Waals surface area contributed by atoms with Crippen LogP contribution in [0.4, 0.5) is 13.2 Å². The third-order valence-electron chi connectivity index (χ3n) is 6.19. The molecule has 4 rings (SSSR count). The van der Waals surface area contributed by atoms with Crippen molar-refractivity contribution in [1.29, 1.82) is 0 Å². The highest BCUT2D eigenvalue weighted by molar-refractivity contribution is 5.98. The molecule has 12 heteroatoms. The van der Waals surface area contributed by atoms with Crippen LogP contribution in [0.15, 0.2) is 28.7 Å². The van der Waals surface area contributed by atoms with E-state index in [4.69, 9.17) is 14.9 Å². The van der Waals surface area contributed by atoms with E-state index in [2.05, 4.69) is 20.6 Å². The van der Waals surface area contributed by atoms with Crippen molar-refractivity contribution in [3.8, 4) is 17.2 Å². The third-order valence-corrected chi connectivity index (χ3v) is 6.19. The Bertz CT molecular complexity index is 1330. The molecule has 0 unspecified atom stereocenters. The summed E-state index contributed by atoms with van der Waals surface area (Å²) in [5.41, 5.74) is 5.26. The number of methoxy groups -OCH3 is 1. The van der Waals surface area contributed by atoms with Gasteiger partial charge >= 0.3 is 6.18 Å². The molecule has 2 amide bonds. The molecule has 3 aromatic rings. The Morgan fingerprint density at radius 3 is 2.35 bits per heavy atom. The predicted octanol–water partition coefficient (Wildman–Crippen LogP) is 3.97. The highest BCUT2D eigenvalue weighted by Crippen LogP contribution is 2.37. The quantitative estimate of drug-likeness (QED) is 0.430. The summed E-state index contributed by atoms with van der Waals surface area (Å²) in [4.78, 5) is 33.0. The summed E-state index contributed by atoms with van der Waals surface area (Å²) >= 11 is 0. The first-order valence-electron chi connectivity index (χ1n) is 11.8. The van der Waals surface area contributed by atoms with E-state index >= 15 is 0 Å². The van der Waals surface area contributed by atoms with Gasteiger partial charge in [0.05, 0.1) is 13.2 Å². The van der Waals surface area contributed by atoms with Crippen LogP contribution >= 0.6 is 0 Å². The van der Waals surface area contributed by atoms with Gasteiger partial charge in [0.2, 0.25) is 11.8 Å². The minimum atomic E-state index is -4.64. The van der Waals surface area contributed by atoms with Crippen LogP contribution in [0.25, 0.3) is 22.4 Å². The number of amides is 2. The van der Waals surface area contributed by atoms with Crippen LogP contribution in [0.3, 0.4) is 0 Å². The molecule has 4 N–H and O–H groups in total. The van der Waals surface area contributed by atoms with Gasteiger partial charge in [-0.3, -0.25) is 9.59 Å². The molecule has 0 aliphatic heterocycles. The molecule has 37 heavy (non-hydrogen) atoms. The smallest absolute Gasteiger partial charge is 0.433 e. The second-order valence-corrected chi connectivity index (χ2v) is 9.43. The zero-order chi connectivity index (χ0) is 27.1. The summed E-state index contributed by atoms with van der Waals surface area (Å²) in [5.74, 6) is -0.358. The number of ether oxygens (including phenoxy) is 1. The van der Waals surface area contributed by atoms with Gasteiger partial charge in [0.1, 0.15) is 17.0 Å². The number of pyridine rings is 1. The fourth-order valence-corrected chi connectivity index (χ4v) is 4.09. The van der Waals surface area contributed by atoms with Crippen LogP contribution in [-0.2, 0) is 11.0 Å². The molecule has 0 spiro atoms. The summed E-state index contributed by atoms with van der Waals surface area (Å²) < 4.78 is 50.8. The second kappa shape index (κ2) is 10.0. The Balaban J connectivity index is 1.62. The maximum absolute atomic E-state index is 13.3. The molecule has 1 aliphatic rings. The van der Waals surface area contributed by atoms with E-state index in [-0.39, 0.29) is 52.5 Å². The zero-order valence-electron chi connectivity index (χ0n) is 20.8. The van der Waals surface area contributed by atoms with Gasteiger partial charge in [0, 0.05) is 29.0 Å². The van der Waals surface area contributed by atoms with Crippen LogP contribution in [0.2, 0.25) is 0 Å².